The van der Waals surface area contributed by atoms with Gasteiger partial charge in [-0.15, -0.1) is 11.3 Å². The number of carboxylic acids is 1. The van der Waals surface area contributed by atoms with Gasteiger partial charge in [-0.05, 0) is 50.2 Å². The molecule has 3 heteroatoms. The lowest BCUT2D eigenvalue weighted by Crippen LogP contribution is -2.41. The van der Waals surface area contributed by atoms with Crippen molar-refractivity contribution in [2.75, 3.05) is 0 Å². The van der Waals surface area contributed by atoms with Crippen molar-refractivity contribution in [1.82, 2.24) is 0 Å². The van der Waals surface area contributed by atoms with E-state index in [4.69, 9.17) is 0 Å². The molecule has 2 nitrogen and oxygen atoms in total. The maximum atomic E-state index is 11.4. The van der Waals surface area contributed by atoms with Crippen LogP contribution in [0.15, 0.2) is 6.07 Å². The molecule has 0 aliphatic heterocycles. The number of fused-ring (bicyclic) bond motifs is 1. The van der Waals surface area contributed by atoms with Gasteiger partial charge in [-0.1, -0.05) is 6.42 Å². The van der Waals surface area contributed by atoms with Crippen molar-refractivity contribution >= 4 is 17.3 Å². The summed E-state index contributed by atoms with van der Waals surface area (Å²) >= 11 is 1.77. The molecule has 1 aromatic heterocycles. The Hall–Kier alpha value is -0.830. The van der Waals surface area contributed by atoms with Crippen LogP contribution in [0.25, 0.3) is 0 Å². The Kier molecular flexibility index (Phi) is 2.32. The van der Waals surface area contributed by atoms with Crippen LogP contribution in [0.1, 0.15) is 47.4 Å². The predicted octanol–water partition coefficient (Wildman–Crippen LogP) is 3.13. The Morgan fingerprint density at radius 1 is 1.25 bits per heavy atom. The third kappa shape index (κ3) is 1.34. The van der Waals surface area contributed by atoms with Gasteiger partial charge in [0.25, 0.3) is 0 Å². The van der Waals surface area contributed by atoms with Gasteiger partial charge in [0.05, 0.1) is 0 Å². The highest BCUT2D eigenvalue weighted by atomic mass is 32.1. The molecule has 0 amide bonds. The van der Waals surface area contributed by atoms with Crippen LogP contribution in [-0.2, 0) is 23.1 Å². The van der Waals surface area contributed by atoms with Gasteiger partial charge in [0, 0.05) is 9.75 Å². The van der Waals surface area contributed by atoms with Crippen LogP contribution in [0.2, 0.25) is 0 Å². The smallest absolute Gasteiger partial charge is 0.314 e. The summed E-state index contributed by atoms with van der Waals surface area (Å²) in [5.41, 5.74) is 0.918. The van der Waals surface area contributed by atoms with Crippen LogP contribution in [0.4, 0.5) is 0 Å². The molecule has 0 atom stereocenters. The molecular weight excluding hydrogens is 220 g/mol. The molecule has 3 rings (SSSR count). The number of rotatable bonds is 2. The second-order valence-corrected chi connectivity index (χ2v) is 6.14. The first-order valence-corrected chi connectivity index (χ1v) is 6.89. The first-order chi connectivity index (χ1) is 7.72. The van der Waals surface area contributed by atoms with Gasteiger partial charge < -0.3 is 5.11 Å². The van der Waals surface area contributed by atoms with Crippen molar-refractivity contribution in [2.45, 2.75) is 50.4 Å². The van der Waals surface area contributed by atoms with Crippen molar-refractivity contribution in [3.8, 4) is 0 Å². The van der Waals surface area contributed by atoms with E-state index in [1.165, 1.54) is 23.3 Å². The van der Waals surface area contributed by atoms with Gasteiger partial charge in [0.2, 0.25) is 0 Å². The molecule has 0 saturated heterocycles. The molecule has 0 unspecified atom stereocenters. The molecule has 2 aliphatic carbocycles. The van der Waals surface area contributed by atoms with Gasteiger partial charge in [0.1, 0.15) is 5.41 Å². The summed E-state index contributed by atoms with van der Waals surface area (Å²) in [7, 11) is 0. The van der Waals surface area contributed by atoms with E-state index in [-0.39, 0.29) is 0 Å². The first kappa shape index (κ1) is 10.3. The molecule has 1 fully saturated rings. The number of thiophene rings is 1. The summed E-state index contributed by atoms with van der Waals surface area (Å²) in [5, 5.41) is 9.41. The van der Waals surface area contributed by atoms with Crippen molar-refractivity contribution in [3.63, 3.8) is 0 Å². The van der Waals surface area contributed by atoms with Crippen molar-refractivity contribution in [1.29, 1.82) is 0 Å². The molecule has 16 heavy (non-hydrogen) atoms. The van der Waals surface area contributed by atoms with Gasteiger partial charge >= 0.3 is 5.97 Å². The first-order valence-electron chi connectivity index (χ1n) is 6.08. The average Bonchev–Trinajstić information content (AvgIpc) is 2.58. The fourth-order valence-corrected chi connectivity index (χ4v) is 4.31. The Morgan fingerprint density at radius 2 is 2.00 bits per heavy atom. The Labute approximate surface area is 99.3 Å². The fraction of sp³-hybridized carbons (Fsp3) is 0.615. The van der Waals surface area contributed by atoms with Crippen LogP contribution in [0, 0.1) is 0 Å². The van der Waals surface area contributed by atoms with Crippen LogP contribution in [0.3, 0.4) is 0 Å². The molecule has 1 N–H and O–H groups in total. The number of hydrogen-bond acceptors (Lipinski definition) is 2. The largest absolute Gasteiger partial charge is 0.481 e. The summed E-state index contributed by atoms with van der Waals surface area (Å²) in [6, 6.07) is 2.19. The number of carbonyl (C=O) groups is 1. The molecule has 0 bridgehead atoms. The summed E-state index contributed by atoms with van der Waals surface area (Å²) in [4.78, 5) is 14.0. The van der Waals surface area contributed by atoms with Crippen LogP contribution in [0.5, 0.6) is 0 Å². The zero-order valence-corrected chi connectivity index (χ0v) is 10.1. The zero-order valence-electron chi connectivity index (χ0n) is 9.29. The Bertz CT molecular complexity index is 406. The average molecular weight is 236 g/mol. The fourth-order valence-electron chi connectivity index (χ4n) is 2.82. The van der Waals surface area contributed by atoms with Crippen molar-refractivity contribution in [3.05, 3.63) is 21.4 Å². The minimum absolute atomic E-state index is 0.512. The lowest BCUT2D eigenvalue weighted by Gasteiger charge is -2.36. The summed E-state index contributed by atoms with van der Waals surface area (Å²) in [5.74, 6) is -0.614. The maximum absolute atomic E-state index is 11.4. The van der Waals surface area contributed by atoms with E-state index in [9.17, 15) is 9.90 Å². The predicted molar refractivity (Wildman–Crippen MR) is 64.1 cm³/mol. The normalized spacial score (nSPS) is 22.2. The minimum Gasteiger partial charge on any atom is -0.481 e. The van der Waals surface area contributed by atoms with E-state index in [0.29, 0.717) is 0 Å². The molecule has 0 aromatic carbocycles. The molecule has 86 valence electrons. The highest BCUT2D eigenvalue weighted by Crippen LogP contribution is 2.48. The monoisotopic (exact) mass is 236 g/mol. The number of aryl methyl sites for hydroxylation is 2. The molecule has 0 radical (unpaired) electrons. The second-order valence-electron chi connectivity index (χ2n) is 5.01. The van der Waals surface area contributed by atoms with E-state index in [1.54, 1.807) is 11.3 Å². The molecule has 1 saturated carbocycles. The quantitative estimate of drug-likeness (QED) is 0.856. The highest BCUT2D eigenvalue weighted by Gasteiger charge is 2.47. The van der Waals surface area contributed by atoms with Gasteiger partial charge in [0.15, 0.2) is 0 Å². The summed E-state index contributed by atoms with van der Waals surface area (Å²) in [6.45, 7) is 0. The van der Waals surface area contributed by atoms with Gasteiger partial charge in [-0.3, -0.25) is 4.79 Å². The number of carboxylic acid groups (broad SMARTS) is 1. The van der Waals surface area contributed by atoms with Crippen LogP contribution >= 0.6 is 11.3 Å². The number of hydrogen-bond donors (Lipinski definition) is 1. The lowest BCUT2D eigenvalue weighted by molar-refractivity contribution is -0.147. The van der Waals surface area contributed by atoms with E-state index in [2.05, 4.69) is 6.07 Å². The molecule has 1 aromatic rings. The van der Waals surface area contributed by atoms with Crippen LogP contribution < -0.4 is 0 Å². The molecular formula is C13H16O2S. The third-order valence-corrected chi connectivity index (χ3v) is 5.53. The summed E-state index contributed by atoms with van der Waals surface area (Å²) < 4.78 is 0. The number of aliphatic carboxylic acids is 1. The third-order valence-electron chi connectivity index (χ3n) is 4.08. The van der Waals surface area contributed by atoms with Crippen LogP contribution in [-0.4, -0.2) is 11.1 Å². The Balaban J connectivity index is 1.99. The van der Waals surface area contributed by atoms with E-state index in [0.717, 1.165) is 37.0 Å². The van der Waals surface area contributed by atoms with E-state index >= 15 is 0 Å². The molecule has 0 spiro atoms. The standard InChI is InChI=1S/C13H16O2S/c14-12(15)13(6-3-7-13)11-8-9-4-1-2-5-10(9)16-11/h8H,1-7H2,(H,14,15). The minimum atomic E-state index is -0.614. The summed E-state index contributed by atoms with van der Waals surface area (Å²) in [6.07, 6.45) is 7.59. The van der Waals surface area contributed by atoms with Crippen molar-refractivity contribution < 1.29 is 9.90 Å². The second kappa shape index (κ2) is 3.59. The molecule has 2 aliphatic rings. The molecule has 1 heterocycles. The lowest BCUT2D eigenvalue weighted by atomic mass is 9.67. The SMILES string of the molecule is O=C(O)C1(c2cc3c(s2)CCCC3)CCC1. The Morgan fingerprint density at radius 3 is 2.56 bits per heavy atom. The maximum Gasteiger partial charge on any atom is 0.314 e. The van der Waals surface area contributed by atoms with Gasteiger partial charge in [-0.25, -0.2) is 0 Å². The zero-order chi connectivity index (χ0) is 11.2. The van der Waals surface area contributed by atoms with E-state index < -0.39 is 11.4 Å². The topological polar surface area (TPSA) is 37.3 Å². The van der Waals surface area contributed by atoms with E-state index in [1.807, 2.05) is 0 Å². The van der Waals surface area contributed by atoms with Gasteiger partial charge in [-0.2, -0.15) is 0 Å². The highest BCUT2D eigenvalue weighted by molar-refractivity contribution is 7.12. The van der Waals surface area contributed by atoms with Crippen molar-refractivity contribution in [2.24, 2.45) is 0 Å².